The lowest BCUT2D eigenvalue weighted by Gasteiger charge is -2.24. The average Bonchev–Trinajstić information content (AvgIpc) is 3.23. The van der Waals surface area contributed by atoms with E-state index in [1.807, 2.05) is 21.1 Å². The zero-order chi connectivity index (χ0) is 45.7. The highest BCUT2D eigenvalue weighted by Gasteiger charge is 2.27. The molecule has 0 saturated carbocycles. The Morgan fingerprint density at radius 2 is 0.871 bits per heavy atom. The number of allylic oxidation sites excluding steroid dienone is 10. The lowest BCUT2D eigenvalue weighted by Crippen LogP contribution is -2.37. The highest BCUT2D eigenvalue weighted by atomic mass is 31.2. The van der Waals surface area contributed by atoms with Gasteiger partial charge in [0.05, 0.1) is 27.7 Å². The molecule has 2 atom stereocenters. The van der Waals surface area contributed by atoms with E-state index in [2.05, 4.69) is 74.6 Å². The van der Waals surface area contributed by atoms with Crippen LogP contribution in [0.4, 0.5) is 0 Å². The highest BCUT2D eigenvalue weighted by molar-refractivity contribution is 7.47. The number of quaternary nitrogens is 1. The summed E-state index contributed by atoms with van der Waals surface area (Å²) < 4.78 is 34.4. The van der Waals surface area contributed by atoms with Crippen molar-refractivity contribution in [2.45, 2.75) is 213 Å². The van der Waals surface area contributed by atoms with Crippen molar-refractivity contribution in [3.8, 4) is 0 Å². The van der Waals surface area contributed by atoms with Gasteiger partial charge in [-0.1, -0.05) is 171 Å². The summed E-state index contributed by atoms with van der Waals surface area (Å²) in [7, 11) is 1.45. The fourth-order valence-electron chi connectivity index (χ4n) is 6.58. The van der Waals surface area contributed by atoms with E-state index in [9.17, 15) is 19.0 Å². The maximum atomic E-state index is 12.7. The van der Waals surface area contributed by atoms with Gasteiger partial charge in [-0.2, -0.15) is 0 Å². The van der Waals surface area contributed by atoms with Gasteiger partial charge in [0.25, 0.3) is 0 Å². The predicted octanol–water partition coefficient (Wildman–Crippen LogP) is 14.8. The van der Waals surface area contributed by atoms with Gasteiger partial charge in [0.1, 0.15) is 19.8 Å². The molecule has 0 spiro atoms. The quantitative estimate of drug-likeness (QED) is 0.0212. The fraction of sp³-hybridized carbons (Fsp3) is 0.769. The first kappa shape index (κ1) is 59.7. The molecule has 9 nitrogen and oxygen atoms in total. The fourth-order valence-corrected chi connectivity index (χ4v) is 7.32. The zero-order valence-electron chi connectivity index (χ0n) is 40.6. The molecule has 0 rings (SSSR count). The topological polar surface area (TPSA) is 108 Å². The van der Waals surface area contributed by atoms with Gasteiger partial charge in [0.15, 0.2) is 6.10 Å². The standard InChI is InChI=1S/C52H94NO8P/c1-6-8-10-12-14-16-18-20-22-24-26-28-30-32-34-36-38-40-42-44-51(54)58-48-50(49-60-62(56,57)59-47-46-53(3,4)5)61-52(55)45-43-41-39-37-35-33-31-29-27-25-23-21-19-17-15-13-11-9-7-2/h14,16,20-23,26,28,32,34,50H,6-13,15,17-19,24-25,27,29-31,33,35-49H2,1-5H3/p+1/b16-14-,22-20-,23-21-,28-26-,34-32-/t50-/m1/s1. The predicted molar refractivity (Wildman–Crippen MR) is 261 cm³/mol. The van der Waals surface area contributed by atoms with Gasteiger partial charge in [-0.25, -0.2) is 4.57 Å². The molecule has 0 radical (unpaired) electrons. The molecule has 0 amide bonds. The SMILES string of the molecule is CCCCC/C=C\C/C=C\C/C=C\C/C=C\CCCCCC(=O)OC[C@H](COP(=O)(O)OCC[N+](C)(C)C)OC(=O)CCCCCCCCCCC/C=C\CCCCCCCC. The molecule has 1 unspecified atom stereocenters. The van der Waals surface area contributed by atoms with Gasteiger partial charge < -0.3 is 18.9 Å². The summed E-state index contributed by atoms with van der Waals surface area (Å²) in [5.41, 5.74) is 0. The van der Waals surface area contributed by atoms with Crippen molar-refractivity contribution in [3.05, 3.63) is 60.8 Å². The van der Waals surface area contributed by atoms with E-state index in [0.717, 1.165) is 57.8 Å². The van der Waals surface area contributed by atoms with E-state index >= 15 is 0 Å². The van der Waals surface area contributed by atoms with E-state index in [-0.39, 0.29) is 26.1 Å². The second-order valence-corrected chi connectivity index (χ2v) is 19.3. The summed E-state index contributed by atoms with van der Waals surface area (Å²) in [6.45, 7) is 4.36. The molecule has 0 saturated heterocycles. The van der Waals surface area contributed by atoms with Crippen LogP contribution in [0, 0.1) is 0 Å². The van der Waals surface area contributed by atoms with E-state index in [1.165, 1.54) is 109 Å². The third kappa shape index (κ3) is 47.2. The minimum Gasteiger partial charge on any atom is -0.462 e. The number of unbranched alkanes of at least 4 members (excludes halogenated alkanes) is 21. The van der Waals surface area contributed by atoms with E-state index in [1.54, 1.807) is 0 Å². The van der Waals surface area contributed by atoms with Gasteiger partial charge in [0.2, 0.25) is 0 Å². The number of phosphoric ester groups is 1. The number of hydrogen-bond donors (Lipinski definition) is 1. The first-order chi connectivity index (χ1) is 30.0. The number of carbonyl (C=O) groups excluding carboxylic acids is 2. The van der Waals surface area contributed by atoms with Gasteiger partial charge in [-0.05, 0) is 83.5 Å². The number of likely N-dealkylation sites (N-methyl/N-ethyl adjacent to an activating group) is 1. The first-order valence-electron chi connectivity index (χ1n) is 25.0. The Morgan fingerprint density at radius 1 is 0.500 bits per heavy atom. The smallest absolute Gasteiger partial charge is 0.462 e. The third-order valence-electron chi connectivity index (χ3n) is 10.5. The average molecular weight is 893 g/mol. The van der Waals surface area contributed by atoms with Crippen LogP contribution in [0.1, 0.15) is 206 Å². The van der Waals surface area contributed by atoms with Crippen molar-refractivity contribution in [2.75, 3.05) is 47.5 Å². The van der Waals surface area contributed by atoms with Crippen LogP contribution < -0.4 is 0 Å². The normalized spacial score (nSPS) is 14.0. The van der Waals surface area contributed by atoms with Gasteiger partial charge >= 0.3 is 19.8 Å². The molecule has 360 valence electrons. The summed E-state index contributed by atoms with van der Waals surface area (Å²) in [5, 5.41) is 0. The van der Waals surface area contributed by atoms with Crippen LogP contribution in [-0.4, -0.2) is 74.9 Å². The summed E-state index contributed by atoms with van der Waals surface area (Å²) in [6, 6.07) is 0. The molecule has 0 aliphatic heterocycles. The second kappa shape index (κ2) is 43.9. The van der Waals surface area contributed by atoms with Crippen molar-refractivity contribution in [3.63, 3.8) is 0 Å². The van der Waals surface area contributed by atoms with Gasteiger partial charge in [0, 0.05) is 12.8 Å². The number of hydrogen-bond acceptors (Lipinski definition) is 7. The molecule has 62 heavy (non-hydrogen) atoms. The summed E-state index contributed by atoms with van der Waals surface area (Å²) >= 11 is 0. The molecule has 1 N–H and O–H groups in total. The number of rotatable bonds is 45. The van der Waals surface area contributed by atoms with E-state index in [4.69, 9.17) is 18.5 Å². The van der Waals surface area contributed by atoms with Crippen LogP contribution >= 0.6 is 7.82 Å². The lowest BCUT2D eigenvalue weighted by molar-refractivity contribution is -0.870. The van der Waals surface area contributed by atoms with Crippen LogP contribution in [0.3, 0.4) is 0 Å². The Kier molecular flexibility index (Phi) is 42.3. The van der Waals surface area contributed by atoms with Crippen molar-refractivity contribution >= 4 is 19.8 Å². The minimum atomic E-state index is -4.39. The zero-order valence-corrected chi connectivity index (χ0v) is 41.5. The van der Waals surface area contributed by atoms with Crippen LogP contribution in [0.25, 0.3) is 0 Å². The van der Waals surface area contributed by atoms with E-state index in [0.29, 0.717) is 23.9 Å². The second-order valence-electron chi connectivity index (χ2n) is 17.8. The summed E-state index contributed by atoms with van der Waals surface area (Å²) in [6.07, 6.45) is 54.1. The van der Waals surface area contributed by atoms with Crippen LogP contribution in [0.5, 0.6) is 0 Å². The molecule has 0 fully saturated rings. The molecule has 0 aliphatic rings. The molecule has 0 aliphatic carbocycles. The molecule has 0 aromatic heterocycles. The molecule has 0 aromatic rings. The minimum absolute atomic E-state index is 0.0239. The van der Waals surface area contributed by atoms with Gasteiger partial charge in [-0.15, -0.1) is 0 Å². The van der Waals surface area contributed by atoms with Crippen molar-refractivity contribution < 1.29 is 42.1 Å². The Morgan fingerprint density at radius 3 is 1.35 bits per heavy atom. The lowest BCUT2D eigenvalue weighted by atomic mass is 10.1. The molecular weight excluding hydrogens is 798 g/mol. The number of carbonyl (C=O) groups is 2. The largest absolute Gasteiger partial charge is 0.472 e. The van der Waals surface area contributed by atoms with Crippen molar-refractivity contribution in [1.29, 1.82) is 0 Å². The molecule has 0 aromatic carbocycles. The van der Waals surface area contributed by atoms with Crippen LogP contribution in [0.15, 0.2) is 60.8 Å². The Bertz CT molecular complexity index is 1240. The molecule has 0 bridgehead atoms. The number of esters is 2. The molecule has 10 heteroatoms. The highest BCUT2D eigenvalue weighted by Crippen LogP contribution is 2.43. The number of phosphoric acid groups is 1. The Labute approximate surface area is 381 Å². The van der Waals surface area contributed by atoms with Crippen molar-refractivity contribution in [2.24, 2.45) is 0 Å². The van der Waals surface area contributed by atoms with Crippen LogP contribution in [-0.2, 0) is 32.7 Å². The number of ether oxygens (including phenoxy) is 2. The van der Waals surface area contributed by atoms with Crippen LogP contribution in [0.2, 0.25) is 0 Å². The Hall–Kier alpha value is -2.29. The van der Waals surface area contributed by atoms with Gasteiger partial charge in [-0.3, -0.25) is 18.6 Å². The Balaban J connectivity index is 4.35. The third-order valence-corrected chi connectivity index (χ3v) is 11.5. The maximum Gasteiger partial charge on any atom is 0.472 e. The van der Waals surface area contributed by atoms with E-state index < -0.39 is 32.5 Å². The first-order valence-corrected chi connectivity index (χ1v) is 26.5. The summed E-state index contributed by atoms with van der Waals surface area (Å²) in [4.78, 5) is 35.5. The number of nitrogens with zero attached hydrogens (tertiary/aromatic N) is 1. The monoisotopic (exact) mass is 893 g/mol. The molecular formula is C52H95NO8P+. The van der Waals surface area contributed by atoms with Crippen molar-refractivity contribution in [1.82, 2.24) is 0 Å². The summed E-state index contributed by atoms with van der Waals surface area (Å²) in [5.74, 6) is -0.836. The maximum absolute atomic E-state index is 12.7. The molecule has 0 heterocycles.